The summed E-state index contributed by atoms with van der Waals surface area (Å²) in [7, 11) is 3.55. The first-order valence-corrected chi connectivity index (χ1v) is 18.9. The van der Waals surface area contributed by atoms with Crippen LogP contribution in [0.3, 0.4) is 0 Å². The average molecular weight is 791 g/mol. The number of allylic oxidation sites excluding steroid dienone is 2. The zero-order valence-corrected chi connectivity index (χ0v) is 33.8. The maximum atomic E-state index is 13.2. The van der Waals surface area contributed by atoms with Crippen LogP contribution < -0.4 is 9.80 Å². The van der Waals surface area contributed by atoms with E-state index in [1.54, 1.807) is 83.9 Å². The second-order valence-electron chi connectivity index (χ2n) is 16.3. The van der Waals surface area contributed by atoms with Gasteiger partial charge in [0.15, 0.2) is 28.7 Å². The van der Waals surface area contributed by atoms with E-state index in [1.165, 1.54) is 22.5 Å². The first-order valence-electron chi connectivity index (χ1n) is 18.9. The molecule has 6 aromatic heterocycles. The zero-order chi connectivity index (χ0) is 41.5. The van der Waals surface area contributed by atoms with Crippen LogP contribution >= 0.6 is 0 Å². The molecule has 0 radical (unpaired) electrons. The van der Waals surface area contributed by atoms with E-state index in [-0.39, 0.29) is 17.5 Å². The molecule has 18 nitrogen and oxygen atoms in total. The number of pyridine rings is 2. The molecule has 0 bridgehead atoms. The van der Waals surface area contributed by atoms with Crippen molar-refractivity contribution in [1.82, 2.24) is 48.8 Å². The molecule has 0 unspecified atom stereocenters. The fraction of sp³-hybridized carbons (Fsp3) is 0.400. The highest BCUT2D eigenvalue weighted by Gasteiger charge is 2.32. The molecule has 2 amide bonds. The van der Waals surface area contributed by atoms with Crippen LogP contribution in [0, 0.1) is 0 Å². The highest BCUT2D eigenvalue weighted by Crippen LogP contribution is 2.38. The predicted octanol–water partition coefficient (Wildman–Crippen LogP) is 6.65. The van der Waals surface area contributed by atoms with Crippen molar-refractivity contribution in [3.63, 3.8) is 0 Å². The third kappa shape index (κ3) is 8.64. The smallest absolute Gasteiger partial charge is 0.420 e. The molecular formula is C40H46N12O6. The quantitative estimate of drug-likeness (QED) is 0.175. The molecule has 2 aliphatic rings. The minimum atomic E-state index is -0.688. The molecule has 0 spiro atoms. The third-order valence-electron chi connectivity index (χ3n) is 9.29. The van der Waals surface area contributed by atoms with Crippen LogP contribution in [0.2, 0.25) is 0 Å². The predicted molar refractivity (Wildman–Crippen MR) is 213 cm³/mol. The van der Waals surface area contributed by atoms with E-state index in [0.29, 0.717) is 60.0 Å². The van der Waals surface area contributed by atoms with Crippen molar-refractivity contribution in [3.05, 3.63) is 78.9 Å². The molecule has 2 aliphatic carbocycles. The minimum Gasteiger partial charge on any atom is -0.443 e. The van der Waals surface area contributed by atoms with E-state index < -0.39 is 23.4 Å². The number of carbonyl (C=O) groups excluding carboxylic acids is 4. The van der Waals surface area contributed by atoms with Gasteiger partial charge >= 0.3 is 12.2 Å². The average Bonchev–Trinajstić information content (AvgIpc) is 3.98. The number of aryl methyl sites for hydroxylation is 2. The van der Waals surface area contributed by atoms with E-state index in [0.717, 1.165) is 23.1 Å². The van der Waals surface area contributed by atoms with Crippen LogP contribution in [0.1, 0.15) is 90.7 Å². The monoisotopic (exact) mass is 790 g/mol. The van der Waals surface area contributed by atoms with Gasteiger partial charge in [-0.3, -0.25) is 19.0 Å². The van der Waals surface area contributed by atoms with Gasteiger partial charge in [-0.15, -0.1) is 0 Å². The fourth-order valence-electron chi connectivity index (χ4n) is 6.78. The van der Waals surface area contributed by atoms with E-state index in [1.807, 2.05) is 45.3 Å². The normalized spacial score (nSPS) is 15.7. The number of hydrogen-bond donors (Lipinski definition) is 0. The SMILES string of the molecule is Cn1ccc(N(C(=O)OC(C)(C)C)c2cc(C3=CC(=O)CC3)cn3ncnc23)n1.Cn1ccc(N(C(=O)OC(C)(C)C)c2cc([C@H]3CCC(=O)C3)cn3ncnc23)n1. The van der Waals surface area contributed by atoms with Crippen molar-refractivity contribution in [2.24, 2.45) is 14.1 Å². The van der Waals surface area contributed by atoms with Gasteiger partial charge in [0.2, 0.25) is 0 Å². The lowest BCUT2D eigenvalue weighted by Crippen LogP contribution is -2.34. The van der Waals surface area contributed by atoms with Gasteiger partial charge in [-0.05, 0) is 95.2 Å². The zero-order valence-electron chi connectivity index (χ0n) is 33.8. The standard InChI is InChI=1S/C20H24N6O3.C20H22N6O3/c2*1-20(2,3)29-19(28)26(17-7-8-24(4)23-17)16-10-14(13-5-6-15(27)9-13)11-25-18(16)21-12-22-25/h7-8,10-13H,5-6,9H2,1-4H3;7-12H,5-6H2,1-4H3/t13-;/m0./s1. The van der Waals surface area contributed by atoms with E-state index in [2.05, 4.69) is 30.4 Å². The molecule has 0 N–H and O–H groups in total. The Bertz CT molecular complexity index is 2560. The highest BCUT2D eigenvalue weighted by molar-refractivity contribution is 6.03. The lowest BCUT2D eigenvalue weighted by atomic mass is 9.99. The molecule has 6 aromatic rings. The van der Waals surface area contributed by atoms with Gasteiger partial charge < -0.3 is 9.47 Å². The molecule has 1 atom stereocenters. The van der Waals surface area contributed by atoms with Crippen LogP contribution in [0.5, 0.6) is 0 Å². The Morgan fingerprint density at radius 3 is 1.72 bits per heavy atom. The number of aromatic nitrogens is 10. The molecule has 1 fully saturated rings. The maximum Gasteiger partial charge on any atom is 0.420 e. The number of carbonyl (C=O) groups is 4. The van der Waals surface area contributed by atoms with Crippen LogP contribution in [-0.4, -0.2) is 83.7 Å². The Labute approximate surface area is 334 Å². The van der Waals surface area contributed by atoms with Crippen molar-refractivity contribution in [1.29, 1.82) is 0 Å². The number of ether oxygens (including phenoxy) is 2. The summed E-state index contributed by atoms with van der Waals surface area (Å²) in [5.41, 5.74) is 3.26. The van der Waals surface area contributed by atoms with Gasteiger partial charge in [-0.25, -0.2) is 38.4 Å². The molecule has 6 heterocycles. The Kier molecular flexibility index (Phi) is 10.4. The van der Waals surface area contributed by atoms with Crippen molar-refractivity contribution in [3.8, 4) is 0 Å². The Morgan fingerprint density at radius 1 is 0.741 bits per heavy atom. The Morgan fingerprint density at radius 2 is 1.28 bits per heavy atom. The molecule has 58 heavy (non-hydrogen) atoms. The number of nitrogens with zero attached hydrogens (tertiary/aromatic N) is 12. The van der Waals surface area contributed by atoms with Crippen molar-refractivity contribution >= 4 is 63.6 Å². The number of amides is 2. The van der Waals surface area contributed by atoms with E-state index >= 15 is 0 Å². The first-order chi connectivity index (χ1) is 27.4. The lowest BCUT2D eigenvalue weighted by Gasteiger charge is -2.26. The Balaban J connectivity index is 0.000000177. The van der Waals surface area contributed by atoms with Gasteiger partial charge in [0.25, 0.3) is 0 Å². The van der Waals surface area contributed by atoms with E-state index in [4.69, 9.17) is 9.47 Å². The minimum absolute atomic E-state index is 0.0916. The first kappa shape index (κ1) is 39.5. The third-order valence-corrected chi connectivity index (χ3v) is 9.29. The second kappa shape index (κ2) is 15.3. The van der Waals surface area contributed by atoms with Gasteiger partial charge in [-0.1, -0.05) is 0 Å². The van der Waals surface area contributed by atoms with Crippen LogP contribution in [0.4, 0.5) is 32.6 Å². The molecular weight excluding hydrogens is 745 g/mol. The number of hydrogen-bond acceptors (Lipinski definition) is 12. The largest absolute Gasteiger partial charge is 0.443 e. The summed E-state index contributed by atoms with van der Waals surface area (Å²) in [5.74, 6) is 1.27. The summed E-state index contributed by atoms with van der Waals surface area (Å²) in [6.45, 7) is 10.9. The summed E-state index contributed by atoms with van der Waals surface area (Å²) in [4.78, 5) is 61.3. The summed E-state index contributed by atoms with van der Waals surface area (Å²) in [5, 5.41) is 17.3. The number of Topliss-reactive ketones (excluding diaryl/α,β-unsaturated/α-hetero) is 1. The van der Waals surface area contributed by atoms with Gasteiger partial charge in [0, 0.05) is 70.3 Å². The van der Waals surface area contributed by atoms with Gasteiger partial charge in [-0.2, -0.15) is 20.4 Å². The lowest BCUT2D eigenvalue weighted by molar-refractivity contribution is -0.117. The van der Waals surface area contributed by atoms with Gasteiger partial charge in [0.1, 0.15) is 29.6 Å². The number of anilines is 4. The second-order valence-corrected chi connectivity index (χ2v) is 16.3. The summed E-state index contributed by atoms with van der Waals surface area (Å²) < 4.78 is 17.7. The van der Waals surface area contributed by atoms with Crippen LogP contribution in [0.15, 0.2) is 67.8 Å². The topological polar surface area (TPSA) is 189 Å². The molecule has 18 heteroatoms. The maximum absolute atomic E-state index is 13.2. The summed E-state index contributed by atoms with van der Waals surface area (Å²) >= 11 is 0. The van der Waals surface area contributed by atoms with Gasteiger partial charge in [0.05, 0.1) is 11.4 Å². The molecule has 1 saturated carbocycles. The summed E-state index contributed by atoms with van der Waals surface area (Å²) in [6.07, 6.45) is 13.5. The van der Waals surface area contributed by atoms with Crippen LogP contribution in [0.25, 0.3) is 16.9 Å². The highest BCUT2D eigenvalue weighted by atomic mass is 16.6. The molecule has 8 rings (SSSR count). The molecule has 0 saturated heterocycles. The summed E-state index contributed by atoms with van der Waals surface area (Å²) in [6, 6.07) is 7.18. The molecule has 0 aromatic carbocycles. The molecule has 0 aliphatic heterocycles. The Hall–Kier alpha value is -6.72. The van der Waals surface area contributed by atoms with Crippen LogP contribution in [-0.2, 0) is 33.2 Å². The van der Waals surface area contributed by atoms with Crippen molar-refractivity contribution < 1.29 is 28.7 Å². The molecule has 302 valence electrons. The number of ketones is 2. The van der Waals surface area contributed by atoms with Crippen molar-refractivity contribution in [2.75, 3.05) is 9.80 Å². The van der Waals surface area contributed by atoms with Crippen molar-refractivity contribution in [2.45, 2.75) is 90.8 Å². The van der Waals surface area contributed by atoms with E-state index in [9.17, 15) is 19.2 Å². The number of fused-ring (bicyclic) bond motifs is 2. The number of rotatable bonds is 6. The fourth-order valence-corrected chi connectivity index (χ4v) is 6.78.